The van der Waals surface area contributed by atoms with Crippen molar-refractivity contribution in [1.82, 2.24) is 4.90 Å². The highest BCUT2D eigenvalue weighted by Gasteiger charge is 2.35. The van der Waals surface area contributed by atoms with Crippen molar-refractivity contribution in [2.45, 2.75) is 13.5 Å². The molecular formula is C22H19BrFNO4S. The molecule has 1 aliphatic heterocycles. The summed E-state index contributed by atoms with van der Waals surface area (Å²) in [6.07, 6.45) is 3.27. The van der Waals surface area contributed by atoms with Gasteiger partial charge in [-0.1, -0.05) is 24.8 Å². The largest absolute Gasteiger partial charge is 0.490 e. The van der Waals surface area contributed by atoms with Gasteiger partial charge in [0.25, 0.3) is 11.1 Å². The van der Waals surface area contributed by atoms with E-state index in [1.807, 2.05) is 6.92 Å². The average molecular weight is 492 g/mol. The van der Waals surface area contributed by atoms with Gasteiger partial charge in [0.1, 0.15) is 12.4 Å². The lowest BCUT2D eigenvalue weighted by atomic mass is 10.1. The maximum Gasteiger partial charge on any atom is 0.293 e. The lowest BCUT2D eigenvalue weighted by Gasteiger charge is -2.14. The fourth-order valence-corrected chi connectivity index (χ4v) is 4.19. The minimum atomic E-state index is -0.393. The van der Waals surface area contributed by atoms with Gasteiger partial charge in [0.2, 0.25) is 0 Å². The van der Waals surface area contributed by atoms with Crippen LogP contribution in [0.3, 0.4) is 0 Å². The van der Waals surface area contributed by atoms with Crippen LogP contribution in [0.15, 0.2) is 58.4 Å². The van der Waals surface area contributed by atoms with Gasteiger partial charge in [-0.15, -0.1) is 0 Å². The number of halogens is 2. The quantitative estimate of drug-likeness (QED) is 0.345. The Bertz CT molecular complexity index is 1010. The van der Waals surface area contributed by atoms with E-state index in [0.717, 1.165) is 16.7 Å². The number of amides is 2. The highest BCUT2D eigenvalue weighted by molar-refractivity contribution is 9.10. The van der Waals surface area contributed by atoms with E-state index >= 15 is 0 Å². The van der Waals surface area contributed by atoms with E-state index in [1.165, 1.54) is 12.1 Å². The number of carbonyl (C=O) groups excluding carboxylic acids is 2. The van der Waals surface area contributed by atoms with Crippen LogP contribution in [0.1, 0.15) is 18.1 Å². The van der Waals surface area contributed by atoms with Crippen LogP contribution in [-0.2, 0) is 11.3 Å². The molecule has 1 saturated heterocycles. The molecule has 0 aromatic heterocycles. The second kappa shape index (κ2) is 9.95. The van der Waals surface area contributed by atoms with Crippen LogP contribution >= 0.6 is 27.7 Å². The van der Waals surface area contributed by atoms with Gasteiger partial charge in [-0.3, -0.25) is 14.5 Å². The Morgan fingerprint density at radius 2 is 1.93 bits per heavy atom. The number of nitrogens with zero attached hydrogens (tertiary/aromatic N) is 1. The highest BCUT2D eigenvalue weighted by atomic mass is 79.9. The molecule has 5 nitrogen and oxygen atoms in total. The smallest absolute Gasteiger partial charge is 0.293 e. The lowest BCUT2D eigenvalue weighted by Crippen LogP contribution is -2.27. The predicted octanol–water partition coefficient (Wildman–Crippen LogP) is 5.79. The van der Waals surface area contributed by atoms with Crippen molar-refractivity contribution >= 4 is 44.9 Å². The first kappa shape index (κ1) is 22.1. The molecule has 0 atom stereocenters. The molecule has 2 aromatic rings. The summed E-state index contributed by atoms with van der Waals surface area (Å²) in [5.74, 6) is 0.295. The molecule has 2 aromatic carbocycles. The average Bonchev–Trinajstić information content (AvgIpc) is 2.96. The van der Waals surface area contributed by atoms with Gasteiger partial charge in [-0.25, -0.2) is 4.39 Å². The zero-order chi connectivity index (χ0) is 21.7. The van der Waals surface area contributed by atoms with Gasteiger partial charge in [-0.2, -0.15) is 0 Å². The van der Waals surface area contributed by atoms with Crippen LogP contribution in [0.2, 0.25) is 0 Å². The first-order valence-corrected chi connectivity index (χ1v) is 10.7. The molecule has 3 rings (SSSR count). The van der Waals surface area contributed by atoms with E-state index in [1.54, 1.807) is 36.4 Å². The molecule has 8 heteroatoms. The number of rotatable bonds is 8. The zero-order valence-corrected chi connectivity index (χ0v) is 18.6. The normalized spacial score (nSPS) is 15.0. The topological polar surface area (TPSA) is 55.8 Å². The van der Waals surface area contributed by atoms with Crippen molar-refractivity contribution in [3.63, 3.8) is 0 Å². The Morgan fingerprint density at radius 1 is 1.20 bits per heavy atom. The second-order valence-electron chi connectivity index (χ2n) is 6.26. The Balaban J connectivity index is 1.85. The minimum absolute atomic E-state index is 0.0878. The summed E-state index contributed by atoms with van der Waals surface area (Å²) in [5.41, 5.74) is 1.36. The van der Waals surface area contributed by atoms with Crippen molar-refractivity contribution in [3.05, 3.63) is 75.4 Å². The maximum atomic E-state index is 13.1. The van der Waals surface area contributed by atoms with Gasteiger partial charge in [0.15, 0.2) is 11.5 Å². The Kier molecular flexibility index (Phi) is 7.33. The van der Waals surface area contributed by atoms with Crippen LogP contribution in [0, 0.1) is 5.82 Å². The number of carbonyl (C=O) groups is 2. The summed E-state index contributed by atoms with van der Waals surface area (Å²) in [4.78, 5) is 26.6. The molecule has 1 aliphatic rings. The van der Waals surface area contributed by atoms with E-state index in [4.69, 9.17) is 9.47 Å². The molecule has 2 amide bonds. The second-order valence-corrected chi connectivity index (χ2v) is 8.10. The monoisotopic (exact) mass is 491 g/mol. The van der Waals surface area contributed by atoms with Crippen molar-refractivity contribution in [1.29, 1.82) is 0 Å². The first-order valence-electron chi connectivity index (χ1n) is 9.12. The summed E-state index contributed by atoms with van der Waals surface area (Å²) in [6.45, 7) is 6.34. The van der Waals surface area contributed by atoms with E-state index < -0.39 is 5.91 Å². The minimum Gasteiger partial charge on any atom is -0.490 e. The van der Waals surface area contributed by atoms with Gasteiger partial charge in [0.05, 0.1) is 22.5 Å². The molecule has 156 valence electrons. The lowest BCUT2D eigenvalue weighted by molar-refractivity contribution is -0.123. The van der Waals surface area contributed by atoms with Gasteiger partial charge >= 0.3 is 0 Å². The summed E-state index contributed by atoms with van der Waals surface area (Å²) in [6, 6.07) is 9.24. The molecule has 0 aliphatic carbocycles. The molecular weight excluding hydrogens is 473 g/mol. The summed E-state index contributed by atoms with van der Waals surface area (Å²) < 4.78 is 25.1. The number of hydrogen-bond acceptors (Lipinski definition) is 5. The Morgan fingerprint density at radius 3 is 2.60 bits per heavy atom. The predicted molar refractivity (Wildman–Crippen MR) is 119 cm³/mol. The first-order chi connectivity index (χ1) is 14.4. The van der Waals surface area contributed by atoms with E-state index in [9.17, 15) is 14.0 Å². The molecule has 30 heavy (non-hydrogen) atoms. The fraction of sp³-hybridized carbons (Fsp3) is 0.182. The van der Waals surface area contributed by atoms with E-state index in [-0.39, 0.29) is 17.6 Å². The van der Waals surface area contributed by atoms with Crippen molar-refractivity contribution < 1.29 is 23.5 Å². The number of thioether (sulfide) groups is 1. The van der Waals surface area contributed by atoms with Gasteiger partial charge in [0, 0.05) is 0 Å². The third-order valence-electron chi connectivity index (χ3n) is 4.10. The standard InChI is InChI=1S/C22H19BrFNO4S/c1-3-9-29-20-17(23)10-15(11-18(20)28-4-2)12-19-21(26)25(22(27)30-19)13-14-5-7-16(24)8-6-14/h3,5-8,10-12H,1,4,9,13H2,2H3/b19-12-. The summed E-state index contributed by atoms with van der Waals surface area (Å²) in [7, 11) is 0. The zero-order valence-electron chi connectivity index (χ0n) is 16.2. The third-order valence-corrected chi connectivity index (χ3v) is 5.60. The van der Waals surface area contributed by atoms with Crippen LogP contribution in [0.4, 0.5) is 9.18 Å². The molecule has 1 fully saturated rings. The molecule has 0 radical (unpaired) electrons. The highest BCUT2D eigenvalue weighted by Crippen LogP contribution is 2.39. The molecule has 0 spiro atoms. The van der Waals surface area contributed by atoms with Crippen LogP contribution in [-0.4, -0.2) is 29.3 Å². The van der Waals surface area contributed by atoms with Crippen molar-refractivity contribution in [2.75, 3.05) is 13.2 Å². The molecule has 0 unspecified atom stereocenters. The molecule has 0 N–H and O–H groups in total. The number of imide groups is 1. The molecule has 0 saturated carbocycles. The van der Waals surface area contributed by atoms with Gasteiger partial charge in [-0.05, 0) is 76.1 Å². The fourth-order valence-electron chi connectivity index (χ4n) is 2.78. The SMILES string of the molecule is C=CCOc1c(Br)cc(/C=C2\SC(=O)N(Cc3ccc(F)cc3)C2=O)cc1OCC. The van der Waals surface area contributed by atoms with E-state index in [2.05, 4.69) is 22.5 Å². The number of hydrogen-bond donors (Lipinski definition) is 0. The number of ether oxygens (including phenoxy) is 2. The van der Waals surface area contributed by atoms with Crippen molar-refractivity contribution in [3.8, 4) is 11.5 Å². The molecule has 0 bridgehead atoms. The maximum absolute atomic E-state index is 13.1. The van der Waals surface area contributed by atoms with Crippen molar-refractivity contribution in [2.24, 2.45) is 0 Å². The third kappa shape index (κ3) is 5.12. The number of benzene rings is 2. The summed E-state index contributed by atoms with van der Waals surface area (Å²) >= 11 is 4.33. The molecule has 1 heterocycles. The van der Waals surface area contributed by atoms with Crippen LogP contribution in [0.5, 0.6) is 11.5 Å². The Labute approximate surface area is 186 Å². The van der Waals surface area contributed by atoms with Gasteiger partial charge < -0.3 is 9.47 Å². The van der Waals surface area contributed by atoms with Crippen LogP contribution in [0.25, 0.3) is 6.08 Å². The van der Waals surface area contributed by atoms with Crippen LogP contribution < -0.4 is 9.47 Å². The summed E-state index contributed by atoms with van der Waals surface area (Å²) in [5, 5.41) is -0.370. The Hall–Kier alpha value is -2.58. The van der Waals surface area contributed by atoms with E-state index in [0.29, 0.717) is 45.2 Å².